The summed E-state index contributed by atoms with van der Waals surface area (Å²) >= 11 is 0. The quantitative estimate of drug-likeness (QED) is 0.519. The van der Waals surface area contributed by atoms with Crippen molar-refractivity contribution in [2.24, 2.45) is 11.8 Å². The van der Waals surface area contributed by atoms with Crippen LogP contribution in [0.2, 0.25) is 0 Å². The number of methoxy groups -OCH3 is 1. The van der Waals surface area contributed by atoms with Gasteiger partial charge >= 0.3 is 0 Å². The van der Waals surface area contributed by atoms with Gasteiger partial charge < -0.3 is 30.1 Å². The van der Waals surface area contributed by atoms with Gasteiger partial charge in [0, 0.05) is 31.2 Å². The number of fused-ring (bicyclic) bond motifs is 2. The SMILES string of the molecule is CCC1C(=O)N(C)c2cnc(Nc3ccc(C(=O)N[C@@H]4C[C@H]5CCN(C)C[C@H]5C4)cc3OC)nc2N1C1CCCC1. The van der Waals surface area contributed by atoms with E-state index in [1.54, 1.807) is 31.3 Å². The molecule has 4 atom stereocenters. The summed E-state index contributed by atoms with van der Waals surface area (Å²) in [6.07, 6.45) is 10.2. The van der Waals surface area contributed by atoms with Crippen molar-refractivity contribution in [3.63, 3.8) is 0 Å². The van der Waals surface area contributed by atoms with E-state index in [1.807, 2.05) is 12.1 Å². The number of carbonyl (C=O) groups is 2. The lowest BCUT2D eigenvalue weighted by Crippen LogP contribution is -2.55. The first-order valence-electron chi connectivity index (χ1n) is 15.2. The van der Waals surface area contributed by atoms with Crippen molar-refractivity contribution in [3.8, 4) is 5.75 Å². The van der Waals surface area contributed by atoms with E-state index in [2.05, 4.69) is 39.4 Å². The lowest BCUT2D eigenvalue weighted by Gasteiger charge is -2.43. The molecule has 1 saturated heterocycles. The molecule has 2 N–H and O–H groups in total. The minimum absolute atomic E-state index is 0.0672. The topological polar surface area (TPSA) is 103 Å². The second-order valence-electron chi connectivity index (χ2n) is 12.3. The van der Waals surface area contributed by atoms with Crippen LogP contribution < -0.4 is 25.2 Å². The van der Waals surface area contributed by atoms with Crippen molar-refractivity contribution in [1.82, 2.24) is 20.2 Å². The summed E-state index contributed by atoms with van der Waals surface area (Å²) in [4.78, 5) is 42.2. The van der Waals surface area contributed by atoms with E-state index < -0.39 is 0 Å². The minimum atomic E-state index is -0.226. The van der Waals surface area contributed by atoms with Crippen molar-refractivity contribution in [1.29, 1.82) is 0 Å². The number of piperidine rings is 1. The van der Waals surface area contributed by atoms with Crippen LogP contribution in [0.1, 0.15) is 68.6 Å². The Kier molecular flexibility index (Phi) is 7.76. The number of hydrogen-bond donors (Lipinski definition) is 2. The highest BCUT2D eigenvalue weighted by atomic mass is 16.5. The number of nitrogens with one attached hydrogen (secondary N) is 2. The van der Waals surface area contributed by atoms with E-state index in [0.717, 1.165) is 56.7 Å². The summed E-state index contributed by atoms with van der Waals surface area (Å²) in [5.74, 6) is 3.18. The fraction of sp³-hybridized carbons (Fsp3) is 0.613. The smallest absolute Gasteiger partial charge is 0.251 e. The Morgan fingerprint density at radius 2 is 1.90 bits per heavy atom. The van der Waals surface area contributed by atoms with E-state index in [4.69, 9.17) is 9.72 Å². The number of hydrogen-bond acceptors (Lipinski definition) is 8. The Morgan fingerprint density at radius 1 is 1.12 bits per heavy atom. The van der Waals surface area contributed by atoms with Gasteiger partial charge in [-0.15, -0.1) is 0 Å². The molecule has 6 rings (SSSR count). The summed E-state index contributed by atoms with van der Waals surface area (Å²) < 4.78 is 5.68. The number of likely N-dealkylation sites (N-methyl/N-ethyl adjacent to an activating group) is 1. The molecule has 2 saturated carbocycles. The molecule has 220 valence electrons. The molecular weight excluding hydrogens is 518 g/mol. The van der Waals surface area contributed by atoms with Gasteiger partial charge in [-0.2, -0.15) is 4.98 Å². The number of ether oxygens (including phenoxy) is 1. The van der Waals surface area contributed by atoms with E-state index in [1.165, 1.54) is 19.3 Å². The Bertz CT molecular complexity index is 1300. The van der Waals surface area contributed by atoms with Crippen LogP contribution in [0.3, 0.4) is 0 Å². The zero-order chi connectivity index (χ0) is 28.7. The molecule has 2 amide bonds. The Morgan fingerprint density at radius 3 is 2.66 bits per heavy atom. The average molecular weight is 562 g/mol. The number of aromatic nitrogens is 2. The lowest BCUT2D eigenvalue weighted by atomic mass is 9.89. The summed E-state index contributed by atoms with van der Waals surface area (Å²) in [6.45, 7) is 4.33. The number of rotatable bonds is 7. The molecular formula is C31H43N7O3. The molecule has 1 aromatic carbocycles. The maximum absolute atomic E-state index is 13.2. The largest absolute Gasteiger partial charge is 0.495 e. The molecule has 2 aliphatic heterocycles. The monoisotopic (exact) mass is 561 g/mol. The molecule has 41 heavy (non-hydrogen) atoms. The van der Waals surface area contributed by atoms with E-state index in [9.17, 15) is 9.59 Å². The number of likely N-dealkylation sites (tertiary alicyclic amines) is 1. The van der Waals surface area contributed by atoms with Gasteiger partial charge in [0.1, 0.15) is 17.5 Å². The maximum atomic E-state index is 13.2. The fourth-order valence-corrected chi connectivity index (χ4v) is 7.55. The molecule has 3 heterocycles. The van der Waals surface area contributed by atoms with Gasteiger partial charge in [-0.25, -0.2) is 4.98 Å². The summed E-state index contributed by atoms with van der Waals surface area (Å²) in [5, 5.41) is 6.58. The number of amides is 2. The van der Waals surface area contributed by atoms with Gasteiger partial charge in [-0.05, 0) is 82.2 Å². The first-order chi connectivity index (χ1) is 19.9. The number of anilines is 4. The Hall–Kier alpha value is -3.40. The molecule has 0 spiro atoms. The third-order valence-electron chi connectivity index (χ3n) is 9.73. The van der Waals surface area contributed by atoms with Crippen molar-refractivity contribution >= 4 is 35.0 Å². The highest BCUT2D eigenvalue weighted by molar-refractivity contribution is 6.04. The third-order valence-corrected chi connectivity index (χ3v) is 9.73. The van der Waals surface area contributed by atoms with Crippen LogP contribution in [0.25, 0.3) is 0 Å². The first-order valence-corrected chi connectivity index (χ1v) is 15.2. The minimum Gasteiger partial charge on any atom is -0.495 e. The van der Waals surface area contributed by atoms with Crippen LogP contribution in [0.15, 0.2) is 24.4 Å². The predicted octanol–water partition coefficient (Wildman–Crippen LogP) is 4.19. The van der Waals surface area contributed by atoms with Gasteiger partial charge in [0.2, 0.25) is 11.9 Å². The van der Waals surface area contributed by atoms with Crippen LogP contribution in [0.5, 0.6) is 5.75 Å². The molecule has 10 heteroatoms. The lowest BCUT2D eigenvalue weighted by molar-refractivity contribution is -0.120. The van der Waals surface area contributed by atoms with Crippen LogP contribution in [-0.2, 0) is 4.79 Å². The molecule has 1 unspecified atom stereocenters. The fourth-order valence-electron chi connectivity index (χ4n) is 7.55. The normalized spacial score (nSPS) is 26.6. The van der Waals surface area contributed by atoms with Gasteiger partial charge in [0.15, 0.2) is 5.82 Å². The van der Waals surface area contributed by atoms with E-state index >= 15 is 0 Å². The van der Waals surface area contributed by atoms with Crippen LogP contribution in [0, 0.1) is 11.8 Å². The number of nitrogens with zero attached hydrogens (tertiary/aromatic N) is 5. The second kappa shape index (κ2) is 11.5. The molecule has 3 fully saturated rings. The van der Waals surface area contributed by atoms with Gasteiger partial charge in [-0.3, -0.25) is 9.59 Å². The van der Waals surface area contributed by atoms with Crippen molar-refractivity contribution in [2.75, 3.05) is 49.4 Å². The Balaban J connectivity index is 1.20. The van der Waals surface area contributed by atoms with Gasteiger partial charge in [0.05, 0.1) is 19.0 Å². The van der Waals surface area contributed by atoms with E-state index in [0.29, 0.717) is 40.8 Å². The molecule has 2 aliphatic carbocycles. The molecule has 1 aromatic heterocycles. The highest BCUT2D eigenvalue weighted by Crippen LogP contribution is 2.41. The van der Waals surface area contributed by atoms with Crippen molar-refractivity contribution in [3.05, 3.63) is 30.0 Å². The Labute approximate surface area is 242 Å². The summed E-state index contributed by atoms with van der Waals surface area (Å²) in [6, 6.07) is 5.73. The number of benzene rings is 1. The molecule has 4 aliphatic rings. The summed E-state index contributed by atoms with van der Waals surface area (Å²) in [7, 11) is 5.59. The zero-order valence-electron chi connectivity index (χ0n) is 24.7. The molecule has 10 nitrogen and oxygen atoms in total. The number of carbonyl (C=O) groups excluding carboxylic acids is 2. The van der Waals surface area contributed by atoms with Crippen molar-refractivity contribution in [2.45, 2.75) is 76.4 Å². The van der Waals surface area contributed by atoms with Crippen LogP contribution >= 0.6 is 0 Å². The second-order valence-corrected chi connectivity index (χ2v) is 12.3. The average Bonchev–Trinajstić information content (AvgIpc) is 3.64. The molecule has 0 bridgehead atoms. The third kappa shape index (κ3) is 5.34. The summed E-state index contributed by atoms with van der Waals surface area (Å²) in [5.41, 5.74) is 1.98. The molecule has 0 radical (unpaired) electrons. The molecule has 2 aromatic rings. The highest BCUT2D eigenvalue weighted by Gasteiger charge is 2.41. The van der Waals surface area contributed by atoms with Crippen LogP contribution in [0.4, 0.5) is 23.1 Å². The van der Waals surface area contributed by atoms with E-state index in [-0.39, 0.29) is 23.9 Å². The van der Waals surface area contributed by atoms with Crippen molar-refractivity contribution < 1.29 is 14.3 Å². The maximum Gasteiger partial charge on any atom is 0.251 e. The van der Waals surface area contributed by atoms with Gasteiger partial charge in [-0.1, -0.05) is 19.8 Å². The van der Waals surface area contributed by atoms with Crippen LogP contribution in [-0.4, -0.2) is 79.1 Å². The first kappa shape index (κ1) is 27.8. The predicted molar refractivity (Wildman–Crippen MR) is 160 cm³/mol. The zero-order valence-corrected chi connectivity index (χ0v) is 24.7. The standard InChI is InChI=1S/C31H43N7O3/c1-5-25-30(40)37(3)26-17-32-31(35-28(26)38(25)23-8-6-7-9-23)34-24-11-10-20(16-27(24)41-4)29(39)33-22-14-19-12-13-36(2)18-21(19)15-22/h10-11,16-17,19,21-23,25H,5-9,12-15,18H2,1-4H3,(H,33,39)(H,32,34,35)/t19-,21-,22-,25?/m1/s1. The van der Waals surface area contributed by atoms with Gasteiger partial charge in [0.25, 0.3) is 5.91 Å².